The van der Waals surface area contributed by atoms with E-state index in [0.29, 0.717) is 22.2 Å². The molecule has 3 aromatic rings. The van der Waals surface area contributed by atoms with Gasteiger partial charge >= 0.3 is 0 Å². The van der Waals surface area contributed by atoms with E-state index < -0.39 is 0 Å². The summed E-state index contributed by atoms with van der Waals surface area (Å²) < 4.78 is 1.65. The molecule has 7 nitrogen and oxygen atoms in total. The van der Waals surface area contributed by atoms with Crippen LogP contribution in [0.25, 0.3) is 16.7 Å². The Morgan fingerprint density at radius 1 is 1.29 bits per heavy atom. The lowest BCUT2D eigenvalue weighted by Gasteiger charge is -2.35. The van der Waals surface area contributed by atoms with E-state index in [9.17, 15) is 9.59 Å². The van der Waals surface area contributed by atoms with Crippen LogP contribution in [0.3, 0.4) is 0 Å². The largest absolute Gasteiger partial charge is 0.339 e. The van der Waals surface area contributed by atoms with Gasteiger partial charge in [-0.15, -0.1) is 0 Å². The summed E-state index contributed by atoms with van der Waals surface area (Å²) in [5.41, 5.74) is 1.09. The van der Waals surface area contributed by atoms with E-state index in [4.69, 9.17) is 0 Å². The monoisotopic (exact) mass is 397 g/mol. The third-order valence-corrected chi connectivity index (χ3v) is 6.03. The van der Waals surface area contributed by atoms with Gasteiger partial charge in [-0.2, -0.15) is 5.10 Å². The molecule has 0 unspecified atom stereocenters. The molecule has 1 aliphatic rings. The minimum Gasteiger partial charge on any atom is -0.339 e. The maximum absolute atomic E-state index is 12.7. The molecule has 2 aromatic heterocycles. The van der Waals surface area contributed by atoms with Crippen LogP contribution >= 0.6 is 11.8 Å². The highest BCUT2D eigenvalue weighted by atomic mass is 32.2. The molecule has 0 spiro atoms. The molecule has 8 heteroatoms. The number of nitrogens with zero attached hydrogens (tertiary/aromatic N) is 4. The van der Waals surface area contributed by atoms with Crippen LogP contribution in [0, 0.1) is 0 Å². The van der Waals surface area contributed by atoms with Crippen molar-refractivity contribution in [1.29, 1.82) is 0 Å². The molecule has 0 saturated carbocycles. The maximum Gasteiger partial charge on any atom is 0.262 e. The molecule has 1 amide bonds. The fourth-order valence-electron chi connectivity index (χ4n) is 3.69. The summed E-state index contributed by atoms with van der Waals surface area (Å²) in [5, 5.41) is 5.18. The summed E-state index contributed by atoms with van der Waals surface area (Å²) in [6, 6.07) is 9.89. The number of amides is 1. The van der Waals surface area contributed by atoms with Gasteiger partial charge in [0.2, 0.25) is 5.91 Å². The zero-order valence-electron chi connectivity index (χ0n) is 15.8. The standard InChI is InChI=1S/C20H23N5O2S/c1-2-14-8-6-7-11-24(14)17(26)13-28-20-22-18-16(19(27)23-20)12-21-25(18)15-9-4-3-5-10-15/h3-5,9-10,12,14H,2,6-8,11,13H2,1H3,(H,22,23,27)/t14-/m1/s1. The lowest BCUT2D eigenvalue weighted by molar-refractivity contribution is -0.132. The number of carbonyl (C=O) groups is 1. The van der Waals surface area contributed by atoms with Gasteiger partial charge in [0.05, 0.1) is 17.6 Å². The topological polar surface area (TPSA) is 83.9 Å². The number of hydrogen-bond acceptors (Lipinski definition) is 5. The van der Waals surface area contributed by atoms with Gasteiger partial charge in [0.1, 0.15) is 5.39 Å². The molecule has 1 saturated heterocycles. The number of fused-ring (bicyclic) bond motifs is 1. The predicted molar refractivity (Wildman–Crippen MR) is 110 cm³/mol. The predicted octanol–water partition coefficient (Wildman–Crippen LogP) is 2.99. The highest BCUT2D eigenvalue weighted by Gasteiger charge is 2.25. The van der Waals surface area contributed by atoms with Crippen molar-refractivity contribution in [3.63, 3.8) is 0 Å². The second-order valence-corrected chi connectivity index (χ2v) is 7.90. The minimum absolute atomic E-state index is 0.107. The molecule has 3 heterocycles. The summed E-state index contributed by atoms with van der Waals surface area (Å²) in [6.07, 6.45) is 5.82. The molecule has 1 aliphatic heterocycles. The fraction of sp³-hybridized carbons (Fsp3) is 0.400. The van der Waals surface area contributed by atoms with Gasteiger partial charge in [-0.05, 0) is 37.8 Å². The number of aromatic nitrogens is 4. The van der Waals surface area contributed by atoms with Crippen LogP contribution in [-0.4, -0.2) is 48.9 Å². The summed E-state index contributed by atoms with van der Waals surface area (Å²) in [6.45, 7) is 2.95. The van der Waals surface area contributed by atoms with Gasteiger partial charge < -0.3 is 9.88 Å². The van der Waals surface area contributed by atoms with E-state index in [-0.39, 0.29) is 17.2 Å². The number of para-hydroxylation sites is 1. The van der Waals surface area contributed by atoms with E-state index in [2.05, 4.69) is 22.0 Å². The Morgan fingerprint density at radius 2 is 2.11 bits per heavy atom. The zero-order chi connectivity index (χ0) is 19.5. The second-order valence-electron chi connectivity index (χ2n) is 6.93. The van der Waals surface area contributed by atoms with Crippen molar-refractivity contribution in [3.05, 3.63) is 46.9 Å². The van der Waals surface area contributed by atoms with Gasteiger partial charge in [0.15, 0.2) is 10.8 Å². The summed E-state index contributed by atoms with van der Waals surface area (Å²) in [4.78, 5) is 34.5. The Hall–Kier alpha value is -2.61. The van der Waals surface area contributed by atoms with Crippen molar-refractivity contribution >= 4 is 28.7 Å². The Morgan fingerprint density at radius 3 is 2.89 bits per heavy atom. The van der Waals surface area contributed by atoms with Crippen molar-refractivity contribution in [2.45, 2.75) is 43.8 Å². The third kappa shape index (κ3) is 3.69. The number of likely N-dealkylation sites (tertiary alicyclic amines) is 1. The molecule has 0 bridgehead atoms. The first-order chi connectivity index (χ1) is 13.7. The van der Waals surface area contributed by atoms with E-state index >= 15 is 0 Å². The Labute approximate surface area is 167 Å². The summed E-state index contributed by atoms with van der Waals surface area (Å²) in [7, 11) is 0. The summed E-state index contributed by atoms with van der Waals surface area (Å²) >= 11 is 1.27. The molecular weight excluding hydrogens is 374 g/mol. The molecule has 1 atom stereocenters. The maximum atomic E-state index is 12.7. The van der Waals surface area contributed by atoms with Gasteiger partial charge in [-0.1, -0.05) is 36.9 Å². The lowest BCUT2D eigenvalue weighted by atomic mass is 10.0. The number of benzene rings is 1. The van der Waals surface area contributed by atoms with Gasteiger partial charge in [0, 0.05) is 12.6 Å². The Kier molecular flexibility index (Phi) is 5.47. The van der Waals surface area contributed by atoms with E-state index in [1.807, 2.05) is 35.2 Å². The SMILES string of the molecule is CC[C@@H]1CCCCN1C(=O)CSc1nc2c(cnn2-c2ccccc2)c(=O)[nH]1. The lowest BCUT2D eigenvalue weighted by Crippen LogP contribution is -2.44. The Bertz CT molecular complexity index is 1030. The second kappa shape index (κ2) is 8.18. The fourth-order valence-corrected chi connectivity index (χ4v) is 4.43. The number of H-pyrrole nitrogens is 1. The van der Waals surface area contributed by atoms with Crippen molar-refractivity contribution in [2.75, 3.05) is 12.3 Å². The number of aromatic amines is 1. The highest BCUT2D eigenvalue weighted by Crippen LogP contribution is 2.22. The molecular formula is C20H23N5O2S. The normalized spacial score (nSPS) is 17.2. The molecule has 28 heavy (non-hydrogen) atoms. The number of piperidine rings is 1. The van der Waals surface area contributed by atoms with Crippen LogP contribution in [0.15, 0.2) is 46.5 Å². The van der Waals surface area contributed by atoms with Gasteiger partial charge in [0.25, 0.3) is 5.56 Å². The van der Waals surface area contributed by atoms with Crippen LogP contribution in [0.2, 0.25) is 0 Å². The van der Waals surface area contributed by atoms with Crippen LogP contribution in [-0.2, 0) is 4.79 Å². The molecule has 146 valence electrons. The first kappa shape index (κ1) is 18.7. The molecule has 0 aliphatic carbocycles. The molecule has 0 radical (unpaired) electrons. The number of thioether (sulfide) groups is 1. The molecule has 4 rings (SSSR count). The highest BCUT2D eigenvalue weighted by molar-refractivity contribution is 7.99. The van der Waals surface area contributed by atoms with Crippen LogP contribution < -0.4 is 5.56 Å². The first-order valence-corrected chi connectivity index (χ1v) is 10.6. The number of hydrogen-bond donors (Lipinski definition) is 1. The molecule has 1 N–H and O–H groups in total. The van der Waals surface area contributed by atoms with Gasteiger partial charge in [-0.3, -0.25) is 9.59 Å². The quantitative estimate of drug-likeness (QED) is 0.529. The van der Waals surface area contributed by atoms with Crippen molar-refractivity contribution < 1.29 is 4.79 Å². The first-order valence-electron chi connectivity index (χ1n) is 9.63. The van der Waals surface area contributed by atoms with Crippen molar-refractivity contribution in [3.8, 4) is 5.69 Å². The zero-order valence-corrected chi connectivity index (χ0v) is 16.6. The van der Waals surface area contributed by atoms with E-state index in [1.54, 1.807) is 4.68 Å². The van der Waals surface area contributed by atoms with E-state index in [1.165, 1.54) is 24.4 Å². The minimum atomic E-state index is -0.244. The number of nitrogens with one attached hydrogen (secondary N) is 1. The van der Waals surface area contributed by atoms with Crippen LogP contribution in [0.5, 0.6) is 0 Å². The Balaban J connectivity index is 1.56. The van der Waals surface area contributed by atoms with Crippen molar-refractivity contribution in [1.82, 2.24) is 24.6 Å². The molecule has 1 aromatic carbocycles. The summed E-state index contributed by atoms with van der Waals surface area (Å²) in [5.74, 6) is 0.376. The number of carbonyl (C=O) groups excluding carboxylic acids is 1. The van der Waals surface area contributed by atoms with E-state index in [0.717, 1.165) is 31.5 Å². The van der Waals surface area contributed by atoms with Gasteiger partial charge in [-0.25, -0.2) is 9.67 Å². The van der Waals surface area contributed by atoms with Crippen LogP contribution in [0.1, 0.15) is 32.6 Å². The smallest absolute Gasteiger partial charge is 0.262 e. The van der Waals surface area contributed by atoms with Crippen LogP contribution in [0.4, 0.5) is 0 Å². The van der Waals surface area contributed by atoms with Crippen molar-refractivity contribution in [2.24, 2.45) is 0 Å². The average Bonchev–Trinajstić information content (AvgIpc) is 3.17. The third-order valence-electron chi connectivity index (χ3n) is 5.17. The average molecular weight is 398 g/mol. The number of rotatable bonds is 5. The molecule has 1 fully saturated rings.